The van der Waals surface area contributed by atoms with E-state index in [-0.39, 0.29) is 17.7 Å². The summed E-state index contributed by atoms with van der Waals surface area (Å²) in [7, 11) is 3.26. The maximum Gasteiger partial charge on any atom is 0.282 e. The molecule has 0 N–H and O–H groups in total. The second kappa shape index (κ2) is 8.64. The number of rotatable bonds is 6. The summed E-state index contributed by atoms with van der Waals surface area (Å²) < 4.78 is 10.6. The van der Waals surface area contributed by atoms with Gasteiger partial charge in [-0.25, -0.2) is 0 Å². The lowest BCUT2D eigenvalue weighted by Gasteiger charge is -2.35. The van der Waals surface area contributed by atoms with Gasteiger partial charge in [-0.2, -0.15) is 0 Å². The molecule has 0 unspecified atom stereocenters. The third kappa shape index (κ3) is 4.42. The molecule has 2 heterocycles. The van der Waals surface area contributed by atoms with Crippen LogP contribution in [0, 0.1) is 0 Å². The first-order valence-corrected chi connectivity index (χ1v) is 9.72. The Balaban J connectivity index is 1.49. The molecular formula is C18H25N3O4S. The van der Waals surface area contributed by atoms with Crippen LogP contribution in [0.1, 0.15) is 5.56 Å². The van der Waals surface area contributed by atoms with Crippen molar-refractivity contribution in [3.05, 3.63) is 23.8 Å². The number of carbonyl (C=O) groups excluding carboxylic acids is 2. The summed E-state index contributed by atoms with van der Waals surface area (Å²) in [6.45, 7) is 4.73. The molecule has 0 atom stereocenters. The van der Waals surface area contributed by atoms with Gasteiger partial charge in [-0.1, -0.05) is 17.8 Å². The summed E-state index contributed by atoms with van der Waals surface area (Å²) >= 11 is 1.29. The van der Waals surface area contributed by atoms with Crippen molar-refractivity contribution in [2.24, 2.45) is 0 Å². The standard InChI is InChI=1S/C18H25N3O4S/c1-24-15-4-3-14(11-16(15)25-2)12-19-5-7-20(8-6-19)17(22)13-21-9-10-26-18(21)23/h3-4,11H,5-10,12-13H2,1-2H3. The second-order valence-electron chi connectivity index (χ2n) is 6.38. The van der Waals surface area contributed by atoms with Gasteiger partial charge >= 0.3 is 0 Å². The molecule has 3 rings (SSSR count). The molecule has 1 aromatic rings. The van der Waals surface area contributed by atoms with Crippen LogP contribution in [-0.4, -0.2) is 85.1 Å². The van der Waals surface area contributed by atoms with Crippen molar-refractivity contribution in [1.29, 1.82) is 0 Å². The molecule has 2 fully saturated rings. The number of carbonyl (C=O) groups is 2. The molecule has 0 aromatic heterocycles. The van der Waals surface area contributed by atoms with E-state index >= 15 is 0 Å². The number of hydrogen-bond acceptors (Lipinski definition) is 6. The second-order valence-corrected chi connectivity index (χ2v) is 7.43. The summed E-state index contributed by atoms with van der Waals surface area (Å²) in [5.41, 5.74) is 1.15. The number of ether oxygens (including phenoxy) is 2. The highest BCUT2D eigenvalue weighted by molar-refractivity contribution is 8.13. The van der Waals surface area contributed by atoms with Crippen LogP contribution in [0.2, 0.25) is 0 Å². The van der Waals surface area contributed by atoms with Gasteiger partial charge in [0.15, 0.2) is 11.5 Å². The number of piperazine rings is 1. The van der Waals surface area contributed by atoms with Gasteiger partial charge in [-0.05, 0) is 17.7 Å². The van der Waals surface area contributed by atoms with Crippen molar-refractivity contribution in [3.8, 4) is 11.5 Å². The number of hydrogen-bond donors (Lipinski definition) is 0. The molecule has 0 saturated carbocycles. The molecule has 0 radical (unpaired) electrons. The van der Waals surface area contributed by atoms with Crippen molar-refractivity contribution in [1.82, 2.24) is 14.7 Å². The summed E-state index contributed by atoms with van der Waals surface area (Å²) in [5.74, 6) is 2.28. The maximum absolute atomic E-state index is 12.4. The quantitative estimate of drug-likeness (QED) is 0.747. The van der Waals surface area contributed by atoms with Gasteiger partial charge in [-0.15, -0.1) is 0 Å². The molecule has 0 aliphatic carbocycles. The van der Waals surface area contributed by atoms with Gasteiger partial charge in [0.25, 0.3) is 5.24 Å². The van der Waals surface area contributed by atoms with Crippen LogP contribution >= 0.6 is 11.8 Å². The topological polar surface area (TPSA) is 62.3 Å². The molecule has 8 heteroatoms. The monoisotopic (exact) mass is 379 g/mol. The summed E-state index contributed by atoms with van der Waals surface area (Å²) in [6.07, 6.45) is 0. The highest BCUT2D eigenvalue weighted by Crippen LogP contribution is 2.28. The van der Waals surface area contributed by atoms with E-state index in [9.17, 15) is 9.59 Å². The van der Waals surface area contributed by atoms with Crippen LogP contribution in [-0.2, 0) is 11.3 Å². The minimum Gasteiger partial charge on any atom is -0.493 e. The maximum atomic E-state index is 12.4. The Bertz CT molecular complexity index is 662. The number of nitrogens with zero attached hydrogens (tertiary/aromatic N) is 3. The van der Waals surface area contributed by atoms with Crippen molar-refractivity contribution in [2.75, 3.05) is 59.2 Å². The van der Waals surface area contributed by atoms with Gasteiger partial charge in [0.2, 0.25) is 5.91 Å². The van der Waals surface area contributed by atoms with E-state index in [2.05, 4.69) is 4.90 Å². The average molecular weight is 379 g/mol. The van der Waals surface area contributed by atoms with Crippen LogP contribution in [0.4, 0.5) is 4.79 Å². The van der Waals surface area contributed by atoms with Crippen LogP contribution in [0.3, 0.4) is 0 Å². The molecule has 2 amide bonds. The molecule has 1 aromatic carbocycles. The molecule has 0 spiro atoms. The number of methoxy groups -OCH3 is 2. The van der Waals surface area contributed by atoms with Gasteiger partial charge in [0.1, 0.15) is 6.54 Å². The normalized spacial score (nSPS) is 18.3. The van der Waals surface area contributed by atoms with E-state index in [1.807, 2.05) is 23.1 Å². The first-order valence-electron chi connectivity index (χ1n) is 8.73. The van der Waals surface area contributed by atoms with E-state index in [0.29, 0.717) is 19.6 Å². The van der Waals surface area contributed by atoms with Crippen molar-refractivity contribution < 1.29 is 19.1 Å². The number of benzene rings is 1. The zero-order valence-corrected chi connectivity index (χ0v) is 16.1. The lowest BCUT2D eigenvalue weighted by molar-refractivity contribution is -0.133. The summed E-state index contributed by atoms with van der Waals surface area (Å²) in [6, 6.07) is 5.95. The van der Waals surface area contributed by atoms with Crippen LogP contribution in [0.5, 0.6) is 11.5 Å². The third-order valence-electron chi connectivity index (χ3n) is 4.75. The number of amides is 2. The molecule has 142 valence electrons. The summed E-state index contributed by atoms with van der Waals surface area (Å²) in [5, 5.41) is 0.0189. The smallest absolute Gasteiger partial charge is 0.282 e. The Labute approximate surface area is 158 Å². The predicted octanol–water partition coefficient (Wildman–Crippen LogP) is 1.52. The predicted molar refractivity (Wildman–Crippen MR) is 101 cm³/mol. The van der Waals surface area contributed by atoms with Crippen LogP contribution in [0.25, 0.3) is 0 Å². The Morgan fingerprint density at radius 2 is 1.81 bits per heavy atom. The molecule has 2 aliphatic rings. The van der Waals surface area contributed by atoms with E-state index < -0.39 is 0 Å². The third-order valence-corrected chi connectivity index (χ3v) is 5.64. The van der Waals surface area contributed by atoms with Crippen LogP contribution in [0.15, 0.2) is 18.2 Å². The average Bonchev–Trinajstić information content (AvgIpc) is 3.06. The van der Waals surface area contributed by atoms with Gasteiger partial charge in [0.05, 0.1) is 14.2 Å². The minimum atomic E-state index is 0.0189. The van der Waals surface area contributed by atoms with Gasteiger partial charge in [-0.3, -0.25) is 14.5 Å². The molecule has 7 nitrogen and oxygen atoms in total. The highest BCUT2D eigenvalue weighted by Gasteiger charge is 2.27. The largest absolute Gasteiger partial charge is 0.493 e. The Hall–Kier alpha value is -1.93. The Morgan fingerprint density at radius 1 is 1.08 bits per heavy atom. The molecule has 2 aliphatic heterocycles. The molecular weight excluding hydrogens is 354 g/mol. The zero-order valence-electron chi connectivity index (χ0n) is 15.3. The lowest BCUT2D eigenvalue weighted by atomic mass is 10.1. The highest BCUT2D eigenvalue weighted by atomic mass is 32.2. The zero-order chi connectivity index (χ0) is 18.5. The first kappa shape index (κ1) is 18.8. The van der Waals surface area contributed by atoms with E-state index in [4.69, 9.17) is 9.47 Å². The van der Waals surface area contributed by atoms with E-state index in [1.54, 1.807) is 19.1 Å². The fraction of sp³-hybridized carbons (Fsp3) is 0.556. The van der Waals surface area contributed by atoms with E-state index in [0.717, 1.165) is 42.4 Å². The van der Waals surface area contributed by atoms with Gasteiger partial charge < -0.3 is 19.3 Å². The fourth-order valence-corrected chi connectivity index (χ4v) is 4.05. The number of thioether (sulfide) groups is 1. The van der Waals surface area contributed by atoms with E-state index in [1.165, 1.54) is 11.8 Å². The van der Waals surface area contributed by atoms with Crippen molar-refractivity contribution in [3.63, 3.8) is 0 Å². The lowest BCUT2D eigenvalue weighted by Crippen LogP contribution is -2.50. The van der Waals surface area contributed by atoms with Gasteiger partial charge in [0, 0.05) is 45.0 Å². The SMILES string of the molecule is COc1ccc(CN2CCN(C(=O)CN3CCSC3=O)CC2)cc1OC. The molecule has 0 bridgehead atoms. The van der Waals surface area contributed by atoms with Crippen molar-refractivity contribution in [2.45, 2.75) is 6.54 Å². The van der Waals surface area contributed by atoms with Crippen molar-refractivity contribution >= 4 is 22.9 Å². The molecule has 26 heavy (non-hydrogen) atoms. The summed E-state index contributed by atoms with van der Waals surface area (Å²) in [4.78, 5) is 29.9. The Morgan fingerprint density at radius 3 is 2.42 bits per heavy atom. The molecule has 2 saturated heterocycles. The minimum absolute atomic E-state index is 0.0189. The first-order chi connectivity index (χ1) is 12.6. The van der Waals surface area contributed by atoms with Crippen LogP contribution < -0.4 is 9.47 Å². The Kier molecular flexibility index (Phi) is 6.26. The fourth-order valence-electron chi connectivity index (χ4n) is 3.23.